The number of aromatic amines is 1. The topological polar surface area (TPSA) is 74.8 Å². The summed E-state index contributed by atoms with van der Waals surface area (Å²) in [6.45, 7) is 0. The number of nitrogens with one attached hydrogen (secondary N) is 2. The van der Waals surface area contributed by atoms with Gasteiger partial charge in [0.2, 0.25) is 0 Å². The second-order valence-electron chi connectivity index (χ2n) is 4.40. The van der Waals surface area contributed by atoms with Gasteiger partial charge < -0.3 is 5.32 Å². The molecule has 0 saturated carbocycles. The molecule has 2 aromatic carbocycles. The Bertz CT molecular complexity index is 869. The Morgan fingerprint density at radius 2 is 1.81 bits per heavy atom. The van der Waals surface area contributed by atoms with Crippen LogP contribution in [0.5, 0.6) is 0 Å². The van der Waals surface area contributed by atoms with E-state index in [0.29, 0.717) is 5.69 Å². The number of nitrogens with zero attached hydrogens (tertiary/aromatic N) is 1. The van der Waals surface area contributed by atoms with Crippen molar-refractivity contribution in [2.45, 2.75) is 0 Å². The molecule has 0 spiro atoms. The predicted octanol–water partition coefficient (Wildman–Crippen LogP) is 2.94. The molecule has 1 aromatic heterocycles. The molecule has 1 amide bonds. The first-order valence-corrected chi connectivity index (χ1v) is 6.99. The van der Waals surface area contributed by atoms with Gasteiger partial charge >= 0.3 is 0 Å². The van der Waals surface area contributed by atoms with E-state index in [9.17, 15) is 9.59 Å². The number of fused-ring (bicyclic) bond motifs is 1. The van der Waals surface area contributed by atoms with E-state index in [4.69, 9.17) is 0 Å². The van der Waals surface area contributed by atoms with Crippen LogP contribution in [0.2, 0.25) is 0 Å². The highest BCUT2D eigenvalue weighted by Gasteiger charge is 2.10. The fraction of sp³-hybridized carbons (Fsp3) is 0. The third-order valence-electron chi connectivity index (χ3n) is 3.03. The van der Waals surface area contributed by atoms with Crippen molar-refractivity contribution in [1.29, 1.82) is 0 Å². The summed E-state index contributed by atoms with van der Waals surface area (Å²) in [7, 11) is 0. The van der Waals surface area contributed by atoms with Crippen LogP contribution in [0.1, 0.15) is 10.5 Å². The van der Waals surface area contributed by atoms with Gasteiger partial charge in [-0.25, -0.2) is 5.10 Å². The van der Waals surface area contributed by atoms with Crippen molar-refractivity contribution in [2.75, 3.05) is 5.32 Å². The van der Waals surface area contributed by atoms with E-state index >= 15 is 0 Å². The van der Waals surface area contributed by atoms with Gasteiger partial charge in [0.05, 0.1) is 0 Å². The number of H-pyrrole nitrogens is 1. The highest BCUT2D eigenvalue weighted by molar-refractivity contribution is 9.10. The molecule has 0 fully saturated rings. The number of anilines is 1. The molecule has 0 aliphatic heterocycles. The molecule has 2 N–H and O–H groups in total. The summed E-state index contributed by atoms with van der Waals surface area (Å²) in [5.41, 5.74) is 0.494. The minimum atomic E-state index is -0.376. The molecular weight excluding hydrogens is 334 g/mol. The molecule has 0 aliphatic carbocycles. The predicted molar refractivity (Wildman–Crippen MR) is 84.5 cm³/mol. The molecule has 0 aliphatic rings. The Morgan fingerprint density at radius 3 is 2.52 bits per heavy atom. The molecule has 1 heterocycles. The Labute approximate surface area is 128 Å². The van der Waals surface area contributed by atoms with E-state index < -0.39 is 0 Å². The lowest BCUT2D eigenvalue weighted by molar-refractivity contribution is 0.102. The maximum Gasteiger partial charge on any atom is 0.276 e. The number of benzene rings is 2. The van der Waals surface area contributed by atoms with Crippen LogP contribution in [-0.4, -0.2) is 16.1 Å². The third kappa shape index (κ3) is 2.71. The van der Waals surface area contributed by atoms with Crippen molar-refractivity contribution in [3.8, 4) is 0 Å². The Balaban J connectivity index is 1.98. The second kappa shape index (κ2) is 5.49. The average molecular weight is 344 g/mol. The number of carbonyl (C=O) groups excluding carboxylic acids is 1. The summed E-state index contributed by atoms with van der Waals surface area (Å²) in [4.78, 5) is 23.1. The van der Waals surface area contributed by atoms with Crippen LogP contribution in [0, 0.1) is 0 Å². The fourth-order valence-corrected chi connectivity index (χ4v) is 2.51. The van der Waals surface area contributed by atoms with Crippen LogP contribution >= 0.6 is 15.9 Å². The molecule has 5 nitrogen and oxygen atoms in total. The van der Waals surface area contributed by atoms with E-state index in [0.717, 1.165) is 15.2 Å². The lowest BCUT2D eigenvalue weighted by Crippen LogP contribution is -2.17. The molecule has 3 rings (SSSR count). The van der Waals surface area contributed by atoms with E-state index in [1.54, 1.807) is 0 Å². The number of amides is 1. The van der Waals surface area contributed by atoms with Crippen LogP contribution in [0.3, 0.4) is 0 Å². The number of hydrogen-bond acceptors (Lipinski definition) is 3. The van der Waals surface area contributed by atoms with E-state index in [1.165, 1.54) is 12.1 Å². The van der Waals surface area contributed by atoms with Crippen molar-refractivity contribution >= 4 is 38.3 Å². The first-order valence-electron chi connectivity index (χ1n) is 6.19. The van der Waals surface area contributed by atoms with Crippen molar-refractivity contribution < 1.29 is 4.79 Å². The second-order valence-corrected chi connectivity index (χ2v) is 5.26. The smallest absolute Gasteiger partial charge is 0.276 e. The summed E-state index contributed by atoms with van der Waals surface area (Å²) in [5, 5.41) is 10.7. The fourth-order valence-electron chi connectivity index (χ4n) is 2.03. The van der Waals surface area contributed by atoms with Gasteiger partial charge in [0.25, 0.3) is 11.5 Å². The highest BCUT2D eigenvalue weighted by atomic mass is 79.9. The monoisotopic (exact) mass is 343 g/mol. The lowest BCUT2D eigenvalue weighted by atomic mass is 10.1. The molecule has 0 bridgehead atoms. The van der Waals surface area contributed by atoms with Crippen LogP contribution in [0.25, 0.3) is 10.8 Å². The van der Waals surface area contributed by atoms with Gasteiger partial charge in [-0.1, -0.05) is 40.2 Å². The number of halogens is 1. The van der Waals surface area contributed by atoms with Crippen molar-refractivity contribution in [1.82, 2.24) is 10.2 Å². The zero-order valence-corrected chi connectivity index (χ0v) is 12.3. The van der Waals surface area contributed by atoms with Gasteiger partial charge in [-0.05, 0) is 23.6 Å². The first-order chi connectivity index (χ1) is 10.1. The van der Waals surface area contributed by atoms with Gasteiger partial charge in [0.15, 0.2) is 0 Å². The molecule has 0 saturated heterocycles. The first kappa shape index (κ1) is 13.5. The summed E-state index contributed by atoms with van der Waals surface area (Å²) >= 11 is 3.49. The van der Waals surface area contributed by atoms with Crippen LogP contribution in [0.15, 0.2) is 57.8 Å². The van der Waals surface area contributed by atoms with Gasteiger partial charge in [-0.3, -0.25) is 9.59 Å². The largest absolute Gasteiger partial charge is 0.320 e. The zero-order valence-electron chi connectivity index (χ0n) is 10.8. The minimum Gasteiger partial charge on any atom is -0.320 e. The van der Waals surface area contributed by atoms with Gasteiger partial charge in [0.1, 0.15) is 5.69 Å². The van der Waals surface area contributed by atoms with E-state index in [1.807, 2.05) is 36.4 Å². The van der Waals surface area contributed by atoms with Crippen LogP contribution in [-0.2, 0) is 0 Å². The lowest BCUT2D eigenvalue weighted by Gasteiger charge is -2.09. The normalized spacial score (nSPS) is 10.5. The number of hydrogen-bond donors (Lipinski definition) is 2. The molecular formula is C15H10BrN3O2. The molecule has 6 heteroatoms. The Morgan fingerprint density at radius 1 is 1.05 bits per heavy atom. The van der Waals surface area contributed by atoms with E-state index in [2.05, 4.69) is 31.4 Å². The third-order valence-corrected chi connectivity index (χ3v) is 3.72. The van der Waals surface area contributed by atoms with Crippen molar-refractivity contribution in [2.24, 2.45) is 0 Å². The SMILES string of the molecule is O=C(Nc1ccc(Br)c2ccccc12)c1ccc(=O)[nH]n1. The molecule has 21 heavy (non-hydrogen) atoms. The molecule has 0 atom stereocenters. The standard InChI is InChI=1S/C15H10BrN3O2/c16-11-5-6-12(10-4-2-1-3-9(10)11)17-15(21)13-7-8-14(20)19-18-13/h1-8H,(H,17,21)(H,19,20). The summed E-state index contributed by atoms with van der Waals surface area (Å²) in [6.07, 6.45) is 0. The minimum absolute atomic E-state index is 0.154. The molecule has 104 valence electrons. The van der Waals surface area contributed by atoms with Gasteiger partial charge in [-0.15, -0.1) is 0 Å². The average Bonchev–Trinajstić information content (AvgIpc) is 2.51. The van der Waals surface area contributed by atoms with E-state index in [-0.39, 0.29) is 17.2 Å². The Hall–Kier alpha value is -2.47. The zero-order chi connectivity index (χ0) is 14.8. The van der Waals surface area contributed by atoms with Crippen LogP contribution < -0.4 is 10.9 Å². The quantitative estimate of drug-likeness (QED) is 0.751. The Kier molecular flexibility index (Phi) is 3.53. The number of rotatable bonds is 2. The summed E-state index contributed by atoms with van der Waals surface area (Å²) in [5.74, 6) is -0.376. The molecule has 3 aromatic rings. The number of carbonyl (C=O) groups is 1. The van der Waals surface area contributed by atoms with Crippen molar-refractivity contribution in [3.05, 3.63) is 69.1 Å². The molecule has 0 unspecified atom stereocenters. The molecule has 0 radical (unpaired) electrons. The maximum absolute atomic E-state index is 12.1. The maximum atomic E-state index is 12.1. The number of aromatic nitrogens is 2. The van der Waals surface area contributed by atoms with Gasteiger partial charge in [-0.2, -0.15) is 5.10 Å². The summed E-state index contributed by atoms with van der Waals surface area (Å²) < 4.78 is 0.957. The highest BCUT2D eigenvalue weighted by Crippen LogP contribution is 2.30. The summed E-state index contributed by atoms with van der Waals surface area (Å²) in [6, 6.07) is 14.1. The van der Waals surface area contributed by atoms with Crippen LogP contribution in [0.4, 0.5) is 5.69 Å². The van der Waals surface area contributed by atoms with Crippen molar-refractivity contribution in [3.63, 3.8) is 0 Å². The van der Waals surface area contributed by atoms with Gasteiger partial charge in [0, 0.05) is 21.6 Å².